The highest BCUT2D eigenvalue weighted by molar-refractivity contribution is 8.79. The fourth-order valence-corrected chi connectivity index (χ4v) is 1.12. The van der Waals surface area contributed by atoms with Gasteiger partial charge in [0.25, 0.3) is 0 Å². The maximum Gasteiger partial charge on any atom is 0.302 e. The van der Waals surface area contributed by atoms with E-state index in [1.54, 1.807) is 0 Å². The lowest BCUT2D eigenvalue weighted by Gasteiger charge is -2.13. The second kappa shape index (κ2) is 4.54. The summed E-state index contributed by atoms with van der Waals surface area (Å²) in [6.45, 7) is 1.49. The predicted octanol–water partition coefficient (Wildman–Crippen LogP) is 2.82. The van der Waals surface area contributed by atoms with Crippen molar-refractivity contribution in [3.8, 4) is 0 Å². The van der Waals surface area contributed by atoms with Gasteiger partial charge in [-0.15, -0.1) is 0 Å². The van der Waals surface area contributed by atoms with Gasteiger partial charge in [0.15, 0.2) is 0 Å². The van der Waals surface area contributed by atoms with Gasteiger partial charge in [0.1, 0.15) is 6.61 Å². The van der Waals surface area contributed by atoms with Crippen LogP contribution in [-0.4, -0.2) is 18.3 Å². The number of carbonyl (C=O) groups is 1. The van der Waals surface area contributed by atoms with E-state index in [1.807, 2.05) is 0 Å². The summed E-state index contributed by atoms with van der Waals surface area (Å²) in [5.74, 6) is -0.0503. The van der Waals surface area contributed by atoms with Crippen molar-refractivity contribution in [2.24, 2.45) is 0 Å². The summed E-state index contributed by atoms with van der Waals surface area (Å²) in [6.07, 6.45) is 0. The molecule has 0 rings (SSSR count). The Hall–Kier alpha value is 0.690. The van der Waals surface area contributed by atoms with Crippen LogP contribution in [0.3, 0.4) is 0 Å². The molecule has 0 radical (unpaired) electrons. The highest BCUT2D eigenvalue weighted by atomic mass is 36.2. The topological polar surface area (TPSA) is 26.3 Å². The average Bonchev–Trinajstić information content (AvgIpc) is 1.59. The first kappa shape index (κ1) is 10.7. The molecular weight excluding hydrogens is 218 g/mol. The minimum absolute atomic E-state index is 0.182. The zero-order chi connectivity index (χ0) is 8.20. The molecule has 0 aromatic carbocycles. The molecule has 0 aromatic rings. The van der Waals surface area contributed by atoms with E-state index in [-0.39, 0.29) is 12.6 Å². The quantitative estimate of drug-likeness (QED) is 0.691. The first-order valence-electron chi connectivity index (χ1n) is 2.45. The summed E-state index contributed by atoms with van der Waals surface area (Å²) in [7, 11) is 14.2. The number of ether oxygens (including phenoxy) is 1. The van der Waals surface area contributed by atoms with Crippen LogP contribution in [-0.2, 0) is 9.53 Å². The summed E-state index contributed by atoms with van der Waals surface area (Å²) >= 11 is 0. The summed E-state index contributed by atoms with van der Waals surface area (Å²) < 4.78 is 4.55. The Kier molecular flexibility index (Phi) is 4.86. The minimum Gasteiger partial charge on any atom is -0.465 e. The highest BCUT2D eigenvalue weighted by Crippen LogP contribution is 2.62. The molecule has 6 heteroatoms. The lowest BCUT2D eigenvalue weighted by molar-refractivity contribution is -0.140. The fourth-order valence-electron chi connectivity index (χ4n) is 0.280. The van der Waals surface area contributed by atoms with E-state index in [9.17, 15) is 4.79 Å². The molecule has 0 unspecified atom stereocenters. The van der Waals surface area contributed by atoms with Crippen LogP contribution in [0.25, 0.3) is 0 Å². The lowest BCUT2D eigenvalue weighted by atomic mass is 10.8. The molecule has 0 saturated heterocycles. The summed E-state index contributed by atoms with van der Waals surface area (Å²) in [4.78, 5) is 10.2. The molecule has 0 saturated carbocycles. The molecule has 0 fully saturated rings. The number of carbonyl (C=O) groups excluding carboxylic acids is 1. The van der Waals surface area contributed by atoms with E-state index in [0.717, 1.165) is 0 Å². The summed E-state index contributed by atoms with van der Waals surface area (Å²) in [5.41, 5.74) is 0. The van der Waals surface area contributed by atoms with E-state index < -0.39 is 7.67 Å². The van der Waals surface area contributed by atoms with Crippen LogP contribution < -0.4 is 0 Å². The Morgan fingerprint density at radius 2 is 2.00 bits per heavy atom. The Balaban J connectivity index is 3.29. The zero-order valence-corrected chi connectivity index (χ0v) is 8.36. The zero-order valence-electron chi connectivity index (χ0n) is 5.27. The van der Waals surface area contributed by atoms with Crippen LogP contribution in [0.1, 0.15) is 6.92 Å². The van der Waals surface area contributed by atoms with Crippen molar-refractivity contribution in [3.05, 3.63) is 0 Å². The minimum atomic E-state index is -2.08. The van der Waals surface area contributed by atoms with Crippen LogP contribution in [0.4, 0.5) is 0 Å². The molecule has 0 aliphatic heterocycles. The smallest absolute Gasteiger partial charge is 0.302 e. The van der Waals surface area contributed by atoms with Crippen molar-refractivity contribution in [3.63, 3.8) is 0 Å². The van der Waals surface area contributed by atoms with E-state index in [4.69, 9.17) is 32.0 Å². The van der Waals surface area contributed by atoms with Gasteiger partial charge in [0.2, 0.25) is 0 Å². The van der Waals surface area contributed by atoms with Gasteiger partial charge in [-0.05, 0) is 39.7 Å². The molecule has 0 heterocycles. The Labute approximate surface area is 74.6 Å². The second-order valence-corrected chi connectivity index (χ2v) is 9.12. The van der Waals surface area contributed by atoms with Crippen LogP contribution in [0, 0.1) is 0 Å². The van der Waals surface area contributed by atoms with Gasteiger partial charge in [-0.1, -0.05) is 0 Å². The molecular formula is C4H7Cl3O2S. The van der Waals surface area contributed by atoms with Gasteiger partial charge < -0.3 is 4.74 Å². The number of rotatable bonds is 3. The average molecular weight is 226 g/mol. The van der Waals surface area contributed by atoms with Crippen molar-refractivity contribution in [2.75, 3.05) is 12.4 Å². The molecule has 0 aliphatic carbocycles. The van der Waals surface area contributed by atoms with Crippen molar-refractivity contribution >= 4 is 45.7 Å². The standard InChI is InChI=1S/C4H7Cl3O2S/c1-4(8)9-2-3-10(5,6)7/h2-3H2,1H3. The van der Waals surface area contributed by atoms with Crippen LogP contribution in [0.15, 0.2) is 0 Å². The monoisotopic (exact) mass is 224 g/mol. The maximum absolute atomic E-state index is 10.2. The maximum atomic E-state index is 10.2. The van der Waals surface area contributed by atoms with Gasteiger partial charge >= 0.3 is 5.97 Å². The molecule has 0 amide bonds. The van der Waals surface area contributed by atoms with Gasteiger partial charge in [-0.25, -0.2) is 0 Å². The van der Waals surface area contributed by atoms with Crippen molar-refractivity contribution in [1.82, 2.24) is 0 Å². The largest absolute Gasteiger partial charge is 0.465 e. The third kappa shape index (κ3) is 8.69. The fraction of sp³-hybridized carbons (Fsp3) is 0.750. The molecule has 0 N–H and O–H groups in total. The van der Waals surface area contributed by atoms with Crippen LogP contribution in [0.2, 0.25) is 0 Å². The molecule has 62 valence electrons. The third-order valence-electron chi connectivity index (χ3n) is 0.620. The summed E-state index contributed by atoms with van der Waals surface area (Å²) in [6, 6.07) is 0. The number of halogens is 3. The molecule has 0 spiro atoms. The van der Waals surface area contributed by atoms with Crippen LogP contribution in [0.5, 0.6) is 0 Å². The molecule has 0 atom stereocenters. The van der Waals surface area contributed by atoms with Crippen molar-refractivity contribution in [1.29, 1.82) is 0 Å². The van der Waals surface area contributed by atoms with Gasteiger partial charge in [0, 0.05) is 6.92 Å². The SMILES string of the molecule is CC(=O)OCCS(Cl)(Cl)Cl. The second-order valence-electron chi connectivity index (χ2n) is 1.55. The normalized spacial score (nSPS) is 12.8. The lowest BCUT2D eigenvalue weighted by Crippen LogP contribution is -2.03. The molecule has 0 aromatic heterocycles. The highest BCUT2D eigenvalue weighted by Gasteiger charge is 2.12. The first-order valence-corrected chi connectivity index (χ1v) is 6.73. The Morgan fingerprint density at radius 1 is 1.50 bits per heavy atom. The molecule has 10 heavy (non-hydrogen) atoms. The first-order chi connectivity index (χ1) is 4.42. The predicted molar refractivity (Wildman–Crippen MR) is 46.7 cm³/mol. The summed E-state index contributed by atoms with van der Waals surface area (Å²) in [5, 5.41) is 0. The van der Waals surface area contributed by atoms with Crippen LogP contribution >= 0.6 is 39.7 Å². The Morgan fingerprint density at radius 3 is 2.30 bits per heavy atom. The van der Waals surface area contributed by atoms with Gasteiger partial charge in [-0.3, -0.25) is 4.79 Å². The van der Waals surface area contributed by atoms with E-state index in [2.05, 4.69) is 4.74 Å². The van der Waals surface area contributed by atoms with Gasteiger partial charge in [-0.2, -0.15) is 0 Å². The van der Waals surface area contributed by atoms with Gasteiger partial charge in [0.05, 0.1) is 5.75 Å². The van der Waals surface area contributed by atoms with Crippen molar-refractivity contribution in [2.45, 2.75) is 6.92 Å². The number of hydrogen-bond acceptors (Lipinski definition) is 2. The molecule has 2 nitrogen and oxygen atoms in total. The Bertz CT molecular complexity index is 122. The van der Waals surface area contributed by atoms with E-state index in [0.29, 0.717) is 5.75 Å². The van der Waals surface area contributed by atoms with E-state index in [1.165, 1.54) is 6.92 Å². The number of esters is 1. The molecule has 0 bridgehead atoms. The molecule has 0 aliphatic rings. The number of hydrogen-bond donors (Lipinski definition) is 0. The van der Waals surface area contributed by atoms with Crippen molar-refractivity contribution < 1.29 is 9.53 Å². The van der Waals surface area contributed by atoms with E-state index >= 15 is 0 Å². The third-order valence-corrected chi connectivity index (χ3v) is 2.64.